The van der Waals surface area contributed by atoms with Gasteiger partial charge in [-0.25, -0.2) is 0 Å². The van der Waals surface area contributed by atoms with Crippen LogP contribution in [0.25, 0.3) is 0 Å². The van der Waals surface area contributed by atoms with Gasteiger partial charge in [0.25, 0.3) is 11.8 Å². The molecular formula is C19H23N5O2. The van der Waals surface area contributed by atoms with Crippen LogP contribution in [0.15, 0.2) is 24.3 Å². The number of carbonyl (C=O) groups excluding carboxylic acids is 2. The van der Waals surface area contributed by atoms with Crippen LogP contribution >= 0.6 is 0 Å². The molecule has 2 heterocycles. The van der Waals surface area contributed by atoms with Crippen molar-refractivity contribution >= 4 is 17.6 Å². The lowest BCUT2D eigenvalue weighted by Gasteiger charge is -2.25. The summed E-state index contributed by atoms with van der Waals surface area (Å²) >= 11 is 0. The van der Waals surface area contributed by atoms with E-state index in [4.69, 9.17) is 0 Å². The van der Waals surface area contributed by atoms with Gasteiger partial charge in [0.15, 0.2) is 11.5 Å². The number of likely N-dealkylation sites (tertiary alicyclic amines) is 1. The fourth-order valence-corrected chi connectivity index (χ4v) is 3.54. The van der Waals surface area contributed by atoms with Crippen LogP contribution in [0.2, 0.25) is 0 Å². The molecule has 0 atom stereocenters. The van der Waals surface area contributed by atoms with Gasteiger partial charge in [-0.2, -0.15) is 5.21 Å². The molecule has 1 aromatic heterocycles. The molecule has 2 amide bonds. The Morgan fingerprint density at radius 3 is 2.46 bits per heavy atom. The van der Waals surface area contributed by atoms with Gasteiger partial charge in [0.05, 0.1) is 0 Å². The summed E-state index contributed by atoms with van der Waals surface area (Å²) in [5.41, 5.74) is 1.98. The van der Waals surface area contributed by atoms with Gasteiger partial charge in [-0.05, 0) is 42.9 Å². The van der Waals surface area contributed by atoms with Gasteiger partial charge in [0, 0.05) is 18.7 Å². The molecular weight excluding hydrogens is 330 g/mol. The van der Waals surface area contributed by atoms with Crippen LogP contribution < -0.4 is 5.32 Å². The third-order valence-corrected chi connectivity index (χ3v) is 5.34. The third kappa shape index (κ3) is 3.47. The number of aromatic nitrogens is 3. The van der Waals surface area contributed by atoms with E-state index in [9.17, 15) is 9.59 Å². The van der Waals surface area contributed by atoms with Crippen molar-refractivity contribution in [3.8, 4) is 0 Å². The highest BCUT2D eigenvalue weighted by atomic mass is 16.2. The maximum Gasteiger partial charge on any atom is 0.278 e. The summed E-state index contributed by atoms with van der Waals surface area (Å²) in [4.78, 5) is 26.7. The van der Waals surface area contributed by atoms with Crippen molar-refractivity contribution < 1.29 is 9.59 Å². The first-order valence-electron chi connectivity index (χ1n) is 9.31. The van der Waals surface area contributed by atoms with Crippen molar-refractivity contribution in [2.24, 2.45) is 5.92 Å². The van der Waals surface area contributed by atoms with E-state index in [1.807, 2.05) is 24.3 Å². The van der Waals surface area contributed by atoms with Gasteiger partial charge in [-0.15, -0.1) is 10.2 Å². The van der Waals surface area contributed by atoms with E-state index in [1.165, 1.54) is 24.8 Å². The van der Waals surface area contributed by atoms with Crippen LogP contribution in [0.1, 0.15) is 58.5 Å². The number of hydrogen-bond acceptors (Lipinski definition) is 4. The Kier molecular flexibility index (Phi) is 4.69. The van der Waals surface area contributed by atoms with Gasteiger partial charge in [0.1, 0.15) is 0 Å². The van der Waals surface area contributed by atoms with Crippen molar-refractivity contribution in [1.82, 2.24) is 20.3 Å². The summed E-state index contributed by atoms with van der Waals surface area (Å²) in [5, 5.41) is 13.0. The van der Waals surface area contributed by atoms with Crippen molar-refractivity contribution in [2.45, 2.75) is 38.5 Å². The number of aromatic amines is 1. The first-order valence-corrected chi connectivity index (χ1v) is 9.31. The topological polar surface area (TPSA) is 91.0 Å². The molecule has 0 radical (unpaired) electrons. The van der Waals surface area contributed by atoms with Crippen LogP contribution in [-0.4, -0.2) is 45.2 Å². The van der Waals surface area contributed by atoms with Crippen molar-refractivity contribution in [1.29, 1.82) is 0 Å². The highest BCUT2D eigenvalue weighted by molar-refractivity contribution is 6.07. The Hall–Kier alpha value is -2.70. The van der Waals surface area contributed by atoms with Crippen LogP contribution in [0.5, 0.6) is 0 Å². The van der Waals surface area contributed by atoms with Crippen molar-refractivity contribution in [3.63, 3.8) is 0 Å². The van der Waals surface area contributed by atoms with Gasteiger partial charge < -0.3 is 10.2 Å². The van der Waals surface area contributed by atoms with Crippen molar-refractivity contribution in [2.75, 3.05) is 18.4 Å². The highest BCUT2D eigenvalue weighted by Crippen LogP contribution is 2.29. The molecule has 1 saturated heterocycles. The maximum atomic E-state index is 12.5. The molecule has 1 aliphatic carbocycles. The quantitative estimate of drug-likeness (QED) is 0.864. The lowest BCUT2D eigenvalue weighted by Crippen LogP contribution is -2.29. The fourth-order valence-electron chi connectivity index (χ4n) is 3.54. The van der Waals surface area contributed by atoms with Crippen LogP contribution in [-0.2, 0) is 6.42 Å². The number of nitrogens with one attached hydrogen (secondary N) is 2. The smallest absolute Gasteiger partial charge is 0.278 e. The molecule has 1 saturated carbocycles. The number of anilines is 1. The second kappa shape index (κ2) is 7.27. The second-order valence-corrected chi connectivity index (χ2v) is 7.17. The Balaban J connectivity index is 1.41. The van der Waals surface area contributed by atoms with E-state index in [2.05, 4.69) is 20.7 Å². The van der Waals surface area contributed by atoms with Crippen LogP contribution in [0, 0.1) is 5.92 Å². The Labute approximate surface area is 152 Å². The number of hydrogen-bond donors (Lipinski definition) is 2. The molecule has 0 unspecified atom stereocenters. The zero-order valence-corrected chi connectivity index (χ0v) is 14.7. The summed E-state index contributed by atoms with van der Waals surface area (Å²) in [7, 11) is 0. The number of H-pyrrole nitrogens is 1. The van der Waals surface area contributed by atoms with Gasteiger partial charge in [0.2, 0.25) is 0 Å². The minimum atomic E-state index is -0.287. The molecule has 2 aliphatic rings. The average molecular weight is 353 g/mol. The normalized spacial score (nSPS) is 17.2. The largest absolute Gasteiger partial charge is 0.337 e. The Morgan fingerprint density at radius 2 is 1.81 bits per heavy atom. The molecule has 4 rings (SSSR count). The average Bonchev–Trinajstić information content (AvgIpc) is 3.30. The predicted molar refractivity (Wildman–Crippen MR) is 97.0 cm³/mol. The van der Waals surface area contributed by atoms with E-state index >= 15 is 0 Å². The van der Waals surface area contributed by atoms with E-state index in [0.717, 1.165) is 38.3 Å². The molecule has 26 heavy (non-hydrogen) atoms. The standard InChI is InChI=1S/C19H23N5O2/c25-18(15-8-6-14(7-9-15)12-13-4-3-5-13)20-17-16(21-23-22-17)19(26)24-10-1-2-11-24/h6-9,13H,1-5,10-12H2,(H2,20,21,22,23,25). The number of carbonyl (C=O) groups is 2. The van der Waals surface area contributed by atoms with E-state index in [0.29, 0.717) is 5.56 Å². The summed E-state index contributed by atoms with van der Waals surface area (Å²) in [6.45, 7) is 1.45. The monoisotopic (exact) mass is 353 g/mol. The summed E-state index contributed by atoms with van der Waals surface area (Å²) in [6, 6.07) is 7.66. The number of nitrogens with zero attached hydrogens (tertiary/aromatic N) is 3. The first kappa shape index (κ1) is 16.8. The minimum absolute atomic E-state index is 0.168. The van der Waals surface area contributed by atoms with E-state index in [-0.39, 0.29) is 23.3 Å². The maximum absolute atomic E-state index is 12.5. The molecule has 0 spiro atoms. The lowest BCUT2D eigenvalue weighted by atomic mass is 9.81. The molecule has 0 bridgehead atoms. The van der Waals surface area contributed by atoms with E-state index in [1.54, 1.807) is 4.90 Å². The first-order chi connectivity index (χ1) is 12.7. The number of benzene rings is 1. The molecule has 1 aliphatic heterocycles. The molecule has 2 aromatic rings. The van der Waals surface area contributed by atoms with Gasteiger partial charge in [-0.3, -0.25) is 9.59 Å². The van der Waals surface area contributed by atoms with Gasteiger partial charge in [-0.1, -0.05) is 31.4 Å². The van der Waals surface area contributed by atoms with Gasteiger partial charge >= 0.3 is 0 Å². The Morgan fingerprint density at radius 1 is 1.08 bits per heavy atom. The molecule has 7 heteroatoms. The van der Waals surface area contributed by atoms with Crippen LogP contribution in [0.4, 0.5) is 5.82 Å². The third-order valence-electron chi connectivity index (χ3n) is 5.34. The zero-order chi connectivity index (χ0) is 17.9. The molecule has 1 aromatic carbocycles. The second-order valence-electron chi connectivity index (χ2n) is 7.17. The van der Waals surface area contributed by atoms with Crippen molar-refractivity contribution in [3.05, 3.63) is 41.1 Å². The zero-order valence-electron chi connectivity index (χ0n) is 14.7. The summed E-state index contributed by atoms with van der Waals surface area (Å²) in [6.07, 6.45) is 7.03. The molecule has 2 fully saturated rings. The summed E-state index contributed by atoms with van der Waals surface area (Å²) < 4.78 is 0. The number of rotatable bonds is 5. The molecule has 7 nitrogen and oxygen atoms in total. The summed E-state index contributed by atoms with van der Waals surface area (Å²) in [5.74, 6) is 0.501. The Bertz CT molecular complexity index is 789. The fraction of sp³-hybridized carbons (Fsp3) is 0.474. The predicted octanol–water partition coefficient (Wildman–Crippen LogP) is 2.64. The molecule has 136 valence electrons. The number of amides is 2. The van der Waals surface area contributed by atoms with E-state index < -0.39 is 0 Å². The lowest BCUT2D eigenvalue weighted by molar-refractivity contribution is 0.0788. The minimum Gasteiger partial charge on any atom is -0.337 e. The van der Waals surface area contributed by atoms with Crippen LogP contribution in [0.3, 0.4) is 0 Å². The SMILES string of the molecule is O=C(Nc1n[nH]nc1C(=O)N1CCCC1)c1ccc(CC2CCC2)cc1. The molecule has 2 N–H and O–H groups in total. The highest BCUT2D eigenvalue weighted by Gasteiger charge is 2.26.